The largest absolute Gasteiger partial charge is 0.494 e. The number of para-hydroxylation sites is 1. The number of rotatable bonds is 6. The first-order valence-corrected chi connectivity index (χ1v) is 9.65. The molecule has 1 heterocycles. The molecule has 0 aliphatic carbocycles. The maximum atomic E-state index is 14.4. The minimum atomic E-state index is -0.595. The van der Waals surface area contributed by atoms with Gasteiger partial charge < -0.3 is 20.1 Å². The average Bonchev–Trinajstić information content (AvgIpc) is 2.75. The number of hydrogen-bond acceptors (Lipinski definition) is 7. The van der Waals surface area contributed by atoms with Gasteiger partial charge in [-0.15, -0.1) is 0 Å². The number of benzene rings is 2. The van der Waals surface area contributed by atoms with Gasteiger partial charge in [-0.1, -0.05) is 39.0 Å². The molecule has 0 fully saturated rings. The maximum absolute atomic E-state index is 14.4. The highest BCUT2D eigenvalue weighted by molar-refractivity contribution is 5.95. The molecule has 0 radical (unpaired) electrons. The van der Waals surface area contributed by atoms with Gasteiger partial charge in [-0.05, 0) is 35.2 Å². The molecule has 8 heteroatoms. The highest BCUT2D eigenvalue weighted by atomic mass is 19.1. The van der Waals surface area contributed by atoms with Crippen molar-refractivity contribution in [1.82, 2.24) is 9.97 Å². The quantitative estimate of drug-likeness (QED) is 0.526. The molecule has 1 aromatic heterocycles. The predicted molar refractivity (Wildman–Crippen MR) is 118 cm³/mol. The number of halogens is 1. The van der Waals surface area contributed by atoms with E-state index in [0.717, 1.165) is 11.8 Å². The molecule has 0 spiro atoms. The van der Waals surface area contributed by atoms with Gasteiger partial charge in [-0.3, -0.25) is 0 Å². The van der Waals surface area contributed by atoms with Crippen LogP contribution in [0.25, 0.3) is 0 Å². The second-order valence-corrected chi connectivity index (χ2v) is 7.85. The molecular weight excluding hydrogens is 399 g/mol. The zero-order chi connectivity index (χ0) is 22.6. The van der Waals surface area contributed by atoms with Crippen molar-refractivity contribution < 1.29 is 18.7 Å². The van der Waals surface area contributed by atoms with Gasteiger partial charge in [0.1, 0.15) is 5.56 Å². The molecule has 0 saturated carbocycles. The zero-order valence-corrected chi connectivity index (χ0v) is 18.1. The van der Waals surface area contributed by atoms with Gasteiger partial charge in [0.15, 0.2) is 17.4 Å². The van der Waals surface area contributed by atoms with Crippen LogP contribution in [0.4, 0.5) is 27.5 Å². The third-order valence-corrected chi connectivity index (χ3v) is 4.61. The highest BCUT2D eigenvalue weighted by Crippen LogP contribution is 2.32. The molecule has 0 aliphatic rings. The molecule has 162 valence electrons. The number of ether oxygens (including phenoxy) is 2. The SMILES string of the molecule is COC(=O)c1cccc(Nc2ncc(F)c(Nc3cccc(C(C)(C)C)c3)n2)c1OC. The summed E-state index contributed by atoms with van der Waals surface area (Å²) in [6, 6.07) is 12.7. The van der Waals surface area contributed by atoms with Crippen LogP contribution >= 0.6 is 0 Å². The molecule has 3 rings (SSSR count). The summed E-state index contributed by atoms with van der Waals surface area (Å²) >= 11 is 0. The number of anilines is 4. The van der Waals surface area contributed by atoms with Crippen molar-refractivity contribution in [3.63, 3.8) is 0 Å². The van der Waals surface area contributed by atoms with E-state index in [4.69, 9.17) is 9.47 Å². The molecule has 0 bridgehead atoms. The van der Waals surface area contributed by atoms with Crippen molar-refractivity contribution >= 4 is 29.1 Å². The predicted octanol–water partition coefficient (Wildman–Crippen LogP) is 5.20. The van der Waals surface area contributed by atoms with E-state index in [9.17, 15) is 9.18 Å². The fraction of sp³-hybridized carbons (Fsp3) is 0.261. The van der Waals surface area contributed by atoms with Crippen molar-refractivity contribution in [2.45, 2.75) is 26.2 Å². The van der Waals surface area contributed by atoms with Crippen molar-refractivity contribution in [3.05, 3.63) is 65.6 Å². The molecule has 0 atom stereocenters. The topological polar surface area (TPSA) is 85.4 Å². The Hall–Kier alpha value is -3.68. The minimum Gasteiger partial charge on any atom is -0.494 e. The number of carbonyl (C=O) groups is 1. The van der Waals surface area contributed by atoms with E-state index in [1.807, 2.05) is 24.3 Å². The Morgan fingerprint density at radius 2 is 1.81 bits per heavy atom. The summed E-state index contributed by atoms with van der Waals surface area (Å²) in [4.78, 5) is 20.2. The van der Waals surface area contributed by atoms with Crippen LogP contribution in [0.1, 0.15) is 36.7 Å². The Morgan fingerprint density at radius 1 is 1.06 bits per heavy atom. The van der Waals surface area contributed by atoms with Crippen molar-refractivity contribution in [2.75, 3.05) is 24.9 Å². The van der Waals surface area contributed by atoms with Crippen LogP contribution in [0, 0.1) is 5.82 Å². The molecule has 0 amide bonds. The van der Waals surface area contributed by atoms with Gasteiger partial charge in [-0.25, -0.2) is 14.2 Å². The average molecular weight is 424 g/mol. The van der Waals surface area contributed by atoms with E-state index in [0.29, 0.717) is 11.4 Å². The fourth-order valence-electron chi connectivity index (χ4n) is 2.96. The number of nitrogens with zero attached hydrogens (tertiary/aromatic N) is 2. The van der Waals surface area contributed by atoms with Crippen LogP contribution in [0.2, 0.25) is 0 Å². The van der Waals surface area contributed by atoms with Crippen molar-refractivity contribution in [1.29, 1.82) is 0 Å². The zero-order valence-electron chi connectivity index (χ0n) is 18.1. The van der Waals surface area contributed by atoms with Crippen LogP contribution in [0.15, 0.2) is 48.7 Å². The van der Waals surface area contributed by atoms with E-state index >= 15 is 0 Å². The molecule has 7 nitrogen and oxygen atoms in total. The Morgan fingerprint density at radius 3 is 2.48 bits per heavy atom. The Labute approximate surface area is 180 Å². The second kappa shape index (κ2) is 8.99. The van der Waals surface area contributed by atoms with E-state index < -0.39 is 11.8 Å². The first-order valence-electron chi connectivity index (χ1n) is 9.65. The van der Waals surface area contributed by atoms with Crippen LogP contribution in [-0.4, -0.2) is 30.2 Å². The second-order valence-electron chi connectivity index (χ2n) is 7.85. The molecule has 2 N–H and O–H groups in total. The lowest BCUT2D eigenvalue weighted by Crippen LogP contribution is -2.11. The lowest BCUT2D eigenvalue weighted by atomic mass is 9.87. The first kappa shape index (κ1) is 22.0. The van der Waals surface area contributed by atoms with Gasteiger partial charge in [0.2, 0.25) is 5.95 Å². The summed E-state index contributed by atoms with van der Waals surface area (Å²) in [5.41, 5.74) is 2.46. The molecular formula is C23H25FN4O3. The van der Waals surface area contributed by atoms with E-state index in [1.165, 1.54) is 14.2 Å². The van der Waals surface area contributed by atoms with Crippen molar-refractivity contribution in [3.8, 4) is 5.75 Å². The summed E-state index contributed by atoms with van der Waals surface area (Å²) in [6.07, 6.45) is 1.07. The monoisotopic (exact) mass is 424 g/mol. The lowest BCUT2D eigenvalue weighted by Gasteiger charge is -2.20. The number of methoxy groups -OCH3 is 2. The molecule has 3 aromatic rings. The number of esters is 1. The lowest BCUT2D eigenvalue weighted by molar-refractivity contribution is 0.0597. The van der Waals surface area contributed by atoms with E-state index in [-0.39, 0.29) is 28.5 Å². The van der Waals surface area contributed by atoms with E-state index in [1.54, 1.807) is 18.2 Å². The standard InChI is InChI=1S/C23H25FN4O3/c1-23(2,3)14-8-6-9-15(12-14)26-20-17(24)13-25-22(28-20)27-18-11-7-10-16(19(18)30-4)21(29)31-5/h6-13H,1-5H3,(H2,25,26,27,28). The van der Waals surface area contributed by atoms with Gasteiger partial charge in [0, 0.05) is 5.69 Å². The van der Waals surface area contributed by atoms with E-state index in [2.05, 4.69) is 41.4 Å². The minimum absolute atomic E-state index is 0.0200. The number of aromatic nitrogens is 2. The molecule has 31 heavy (non-hydrogen) atoms. The normalized spacial score (nSPS) is 11.0. The summed E-state index contributed by atoms with van der Waals surface area (Å²) in [5, 5.41) is 5.98. The van der Waals surface area contributed by atoms with Crippen molar-refractivity contribution in [2.24, 2.45) is 0 Å². The molecule has 0 saturated heterocycles. The number of hydrogen-bond donors (Lipinski definition) is 2. The summed E-state index contributed by atoms with van der Waals surface area (Å²) in [7, 11) is 2.73. The van der Waals surface area contributed by atoms with Gasteiger partial charge >= 0.3 is 5.97 Å². The van der Waals surface area contributed by atoms with Gasteiger partial charge in [0.05, 0.1) is 26.1 Å². The Bertz CT molecular complexity index is 1100. The maximum Gasteiger partial charge on any atom is 0.341 e. The van der Waals surface area contributed by atoms with Crippen LogP contribution in [0.5, 0.6) is 5.75 Å². The number of carbonyl (C=O) groups excluding carboxylic acids is 1. The Balaban J connectivity index is 1.90. The third-order valence-electron chi connectivity index (χ3n) is 4.61. The third kappa shape index (κ3) is 5.09. The number of nitrogens with one attached hydrogen (secondary N) is 2. The summed E-state index contributed by atoms with van der Waals surface area (Å²) < 4.78 is 24.5. The molecule has 0 unspecified atom stereocenters. The fourth-order valence-corrected chi connectivity index (χ4v) is 2.96. The van der Waals surface area contributed by atoms with Crippen LogP contribution in [0.3, 0.4) is 0 Å². The summed E-state index contributed by atoms with van der Waals surface area (Å²) in [6.45, 7) is 6.32. The Kier molecular flexibility index (Phi) is 6.39. The first-order chi connectivity index (χ1) is 14.7. The van der Waals surface area contributed by atoms with Gasteiger partial charge in [0.25, 0.3) is 0 Å². The highest BCUT2D eigenvalue weighted by Gasteiger charge is 2.18. The van der Waals surface area contributed by atoms with Crippen LogP contribution in [-0.2, 0) is 10.2 Å². The van der Waals surface area contributed by atoms with Gasteiger partial charge in [-0.2, -0.15) is 4.98 Å². The smallest absolute Gasteiger partial charge is 0.341 e. The molecule has 0 aliphatic heterocycles. The van der Waals surface area contributed by atoms with Crippen LogP contribution < -0.4 is 15.4 Å². The molecule has 2 aromatic carbocycles. The summed E-state index contributed by atoms with van der Waals surface area (Å²) in [5.74, 6) is -0.707.